The Morgan fingerprint density at radius 1 is 0.950 bits per heavy atom. The lowest BCUT2D eigenvalue weighted by atomic mass is 9.67. The van der Waals surface area contributed by atoms with E-state index in [1.165, 1.54) is 30.3 Å². The van der Waals surface area contributed by atoms with Gasteiger partial charge < -0.3 is 25.5 Å². The maximum Gasteiger partial charge on any atom is 0.167 e. The van der Waals surface area contributed by atoms with E-state index in [4.69, 9.17) is 0 Å². The van der Waals surface area contributed by atoms with Gasteiger partial charge >= 0.3 is 0 Å². The maximum absolute atomic E-state index is 14.9. The highest BCUT2D eigenvalue weighted by Crippen LogP contribution is 2.42. The van der Waals surface area contributed by atoms with Crippen LogP contribution in [0.15, 0.2) is 66.7 Å². The van der Waals surface area contributed by atoms with Gasteiger partial charge in [-0.15, -0.1) is 0 Å². The van der Waals surface area contributed by atoms with Gasteiger partial charge in [0.05, 0.1) is 6.61 Å². The van der Waals surface area contributed by atoms with Gasteiger partial charge in [-0.3, -0.25) is 9.59 Å². The standard InChI is InChI=1S/C32H37FN2O5/c1-3-13-34-23(19-36)16-35-17-27(31(39)21-7-4-9-24(37)14-21)30(26-11-6-12-29(33)20(26)2)28(18-35)32(40)22-8-5-10-25(38)15-22/h4-12,14-15,23,27-28,30,34,36-38H,3,13,16-19H2,1-2H3/t23-,27-,28+,30-/m1/s1. The van der Waals surface area contributed by atoms with Crippen LogP contribution < -0.4 is 5.32 Å². The number of carbonyl (C=O) groups excluding carboxylic acids is 2. The number of benzene rings is 3. The van der Waals surface area contributed by atoms with E-state index in [1.807, 2.05) is 11.8 Å². The lowest BCUT2D eigenvalue weighted by Crippen LogP contribution is -2.54. The molecule has 3 aromatic rings. The fourth-order valence-corrected chi connectivity index (χ4v) is 5.79. The summed E-state index contributed by atoms with van der Waals surface area (Å²) in [6, 6.07) is 16.7. The highest BCUT2D eigenvalue weighted by molar-refractivity contribution is 6.02. The fraction of sp³-hybridized carbons (Fsp3) is 0.375. The first-order valence-electron chi connectivity index (χ1n) is 13.7. The van der Waals surface area contributed by atoms with E-state index in [-0.39, 0.29) is 48.8 Å². The first-order chi connectivity index (χ1) is 19.2. The number of aromatic hydroxyl groups is 2. The lowest BCUT2D eigenvalue weighted by molar-refractivity contribution is 0.0526. The topological polar surface area (TPSA) is 110 Å². The average Bonchev–Trinajstić information content (AvgIpc) is 2.95. The van der Waals surface area contributed by atoms with Gasteiger partial charge in [0.15, 0.2) is 11.6 Å². The van der Waals surface area contributed by atoms with Crippen LogP contribution in [0.3, 0.4) is 0 Å². The van der Waals surface area contributed by atoms with Crippen LogP contribution in [0.25, 0.3) is 0 Å². The molecule has 3 aromatic carbocycles. The summed E-state index contributed by atoms with van der Waals surface area (Å²) in [6.45, 7) is 5.24. The molecule has 1 fully saturated rings. The minimum Gasteiger partial charge on any atom is -0.508 e. The molecule has 0 unspecified atom stereocenters. The predicted octanol–water partition coefficient (Wildman–Crippen LogP) is 4.30. The summed E-state index contributed by atoms with van der Waals surface area (Å²) in [5.41, 5.74) is 1.57. The number of Topliss-reactive ketones (excluding diaryl/α,β-unsaturated/α-hetero) is 2. The zero-order chi connectivity index (χ0) is 28.8. The highest BCUT2D eigenvalue weighted by atomic mass is 19.1. The Hall–Kier alpha value is -3.59. The van der Waals surface area contributed by atoms with E-state index in [0.717, 1.165) is 6.42 Å². The summed E-state index contributed by atoms with van der Waals surface area (Å²) < 4.78 is 14.9. The number of piperidine rings is 1. The summed E-state index contributed by atoms with van der Waals surface area (Å²) in [5.74, 6) is -3.18. The molecule has 1 saturated heterocycles. The largest absolute Gasteiger partial charge is 0.508 e. The van der Waals surface area contributed by atoms with Crippen LogP contribution >= 0.6 is 0 Å². The first-order valence-corrected chi connectivity index (χ1v) is 13.7. The molecule has 4 atom stereocenters. The normalized spacial score (nSPS) is 20.2. The molecule has 0 bridgehead atoms. The van der Waals surface area contributed by atoms with Crippen molar-refractivity contribution in [3.05, 3.63) is 94.8 Å². The number of carbonyl (C=O) groups is 2. The minimum absolute atomic E-state index is 0.0477. The number of nitrogens with one attached hydrogen (secondary N) is 1. The quantitative estimate of drug-likeness (QED) is 0.265. The van der Waals surface area contributed by atoms with Crippen molar-refractivity contribution >= 4 is 11.6 Å². The van der Waals surface area contributed by atoms with Gasteiger partial charge in [0.2, 0.25) is 0 Å². The molecule has 7 nitrogen and oxygen atoms in total. The van der Waals surface area contributed by atoms with Crippen molar-refractivity contribution in [2.45, 2.75) is 32.2 Å². The number of phenolic OH excluding ortho intramolecular Hbond substituents is 2. The van der Waals surface area contributed by atoms with Crippen LogP contribution in [-0.4, -0.2) is 70.6 Å². The van der Waals surface area contributed by atoms with E-state index in [9.17, 15) is 29.3 Å². The number of aliphatic hydroxyl groups excluding tert-OH is 1. The summed E-state index contributed by atoms with van der Waals surface area (Å²) >= 11 is 0. The van der Waals surface area contributed by atoms with Crippen molar-refractivity contribution in [3.63, 3.8) is 0 Å². The number of aliphatic hydroxyl groups is 1. The van der Waals surface area contributed by atoms with Crippen LogP contribution in [0, 0.1) is 24.6 Å². The first kappa shape index (κ1) is 29.4. The third-order valence-corrected chi connectivity index (χ3v) is 7.76. The molecule has 1 aliphatic rings. The Kier molecular flexibility index (Phi) is 9.68. The molecule has 0 aromatic heterocycles. The minimum atomic E-state index is -0.743. The molecule has 8 heteroatoms. The van der Waals surface area contributed by atoms with E-state index in [1.54, 1.807) is 43.3 Å². The second-order valence-electron chi connectivity index (χ2n) is 10.6. The van der Waals surface area contributed by atoms with Crippen molar-refractivity contribution in [2.75, 3.05) is 32.8 Å². The summed E-state index contributed by atoms with van der Waals surface area (Å²) in [6.07, 6.45) is 0.884. The number of halogens is 1. The van der Waals surface area contributed by atoms with Gasteiger partial charge in [0.25, 0.3) is 0 Å². The van der Waals surface area contributed by atoms with Gasteiger partial charge in [0, 0.05) is 54.6 Å². The van der Waals surface area contributed by atoms with Crippen molar-refractivity contribution in [1.29, 1.82) is 0 Å². The molecule has 212 valence electrons. The number of likely N-dealkylation sites (tertiary alicyclic amines) is 1. The molecule has 40 heavy (non-hydrogen) atoms. The highest BCUT2D eigenvalue weighted by Gasteiger charge is 2.45. The molecule has 1 heterocycles. The third-order valence-electron chi connectivity index (χ3n) is 7.76. The van der Waals surface area contributed by atoms with E-state index >= 15 is 0 Å². The summed E-state index contributed by atoms with van der Waals surface area (Å²) in [4.78, 5) is 30.2. The molecule has 4 rings (SSSR count). The van der Waals surface area contributed by atoms with Crippen molar-refractivity contribution < 1.29 is 29.3 Å². The van der Waals surface area contributed by atoms with Gasteiger partial charge in [-0.25, -0.2) is 4.39 Å². The molecule has 1 aliphatic heterocycles. The van der Waals surface area contributed by atoms with Gasteiger partial charge in [-0.05, 0) is 61.3 Å². The van der Waals surface area contributed by atoms with Crippen molar-refractivity contribution in [3.8, 4) is 11.5 Å². The molecule has 0 spiro atoms. The van der Waals surface area contributed by atoms with E-state index in [0.29, 0.717) is 35.3 Å². The van der Waals surface area contributed by atoms with Crippen LogP contribution in [0.4, 0.5) is 4.39 Å². The monoisotopic (exact) mass is 548 g/mol. The Balaban J connectivity index is 1.83. The SMILES string of the molecule is CCCN[C@@H](CO)CN1C[C@H](C(=O)c2cccc(O)c2)[C@H](c2cccc(F)c2C)[C@H](C(=O)c2cccc(O)c2)C1. The van der Waals surface area contributed by atoms with Crippen LogP contribution in [0.5, 0.6) is 11.5 Å². The van der Waals surface area contributed by atoms with Crippen molar-refractivity contribution in [2.24, 2.45) is 11.8 Å². The van der Waals surface area contributed by atoms with Crippen molar-refractivity contribution in [1.82, 2.24) is 10.2 Å². The third kappa shape index (κ3) is 6.58. The Morgan fingerprint density at radius 2 is 1.50 bits per heavy atom. The van der Waals surface area contributed by atoms with Gasteiger partial charge in [0.1, 0.15) is 17.3 Å². The summed E-state index contributed by atoms with van der Waals surface area (Å²) in [7, 11) is 0. The number of nitrogens with zero attached hydrogens (tertiary/aromatic N) is 1. The zero-order valence-corrected chi connectivity index (χ0v) is 22.9. The Labute approximate surface area is 234 Å². The fourth-order valence-electron chi connectivity index (χ4n) is 5.79. The number of ketones is 2. The number of phenols is 2. The van der Waals surface area contributed by atoms with E-state index in [2.05, 4.69) is 5.32 Å². The molecule has 0 amide bonds. The number of hydrogen-bond acceptors (Lipinski definition) is 7. The Bertz CT molecular complexity index is 1280. The molecule has 0 aliphatic carbocycles. The van der Waals surface area contributed by atoms with Crippen LogP contribution in [0.1, 0.15) is 51.1 Å². The smallest absolute Gasteiger partial charge is 0.167 e. The van der Waals surface area contributed by atoms with Crippen LogP contribution in [0.2, 0.25) is 0 Å². The Morgan fingerprint density at radius 3 is 2.00 bits per heavy atom. The number of hydrogen-bond donors (Lipinski definition) is 4. The lowest BCUT2D eigenvalue weighted by Gasteiger charge is -2.44. The number of rotatable bonds is 11. The predicted molar refractivity (Wildman–Crippen MR) is 151 cm³/mol. The second kappa shape index (κ2) is 13.2. The van der Waals surface area contributed by atoms with E-state index < -0.39 is 23.6 Å². The molecular formula is C32H37FN2O5. The second-order valence-corrected chi connectivity index (χ2v) is 10.6. The molecule has 0 radical (unpaired) electrons. The van der Waals surface area contributed by atoms with Gasteiger partial charge in [-0.2, -0.15) is 0 Å². The van der Waals surface area contributed by atoms with Gasteiger partial charge in [-0.1, -0.05) is 43.3 Å². The maximum atomic E-state index is 14.9. The average molecular weight is 549 g/mol. The molecular weight excluding hydrogens is 511 g/mol. The van der Waals surface area contributed by atoms with Crippen LogP contribution in [-0.2, 0) is 0 Å². The molecule has 4 N–H and O–H groups in total. The summed E-state index contributed by atoms with van der Waals surface area (Å²) in [5, 5.41) is 33.5. The zero-order valence-electron chi connectivity index (χ0n) is 22.9. The molecule has 0 saturated carbocycles.